The van der Waals surface area contributed by atoms with Crippen LogP contribution in [0.25, 0.3) is 0 Å². The van der Waals surface area contributed by atoms with Crippen molar-refractivity contribution in [3.8, 4) is 0 Å². The number of nitrogens with zero attached hydrogens (tertiary/aromatic N) is 1. The van der Waals surface area contributed by atoms with Crippen LogP contribution in [0, 0.1) is 12.7 Å². The minimum absolute atomic E-state index is 0.228. The molecule has 0 fully saturated rings. The van der Waals surface area contributed by atoms with Crippen molar-refractivity contribution < 1.29 is 4.39 Å². The van der Waals surface area contributed by atoms with Crippen molar-refractivity contribution in [3.05, 3.63) is 28.5 Å². The Balaban J connectivity index is 2.88. The lowest BCUT2D eigenvalue weighted by Crippen LogP contribution is -2.21. The Morgan fingerprint density at radius 2 is 2.13 bits per heavy atom. The van der Waals surface area contributed by atoms with Crippen LogP contribution >= 0.6 is 11.6 Å². The Morgan fingerprint density at radius 3 is 2.73 bits per heavy atom. The van der Waals surface area contributed by atoms with Gasteiger partial charge in [-0.25, -0.2) is 4.39 Å². The van der Waals surface area contributed by atoms with Crippen LogP contribution < -0.4 is 10.6 Å². The van der Waals surface area contributed by atoms with E-state index in [0.29, 0.717) is 22.8 Å². The summed E-state index contributed by atoms with van der Waals surface area (Å²) < 4.78 is 13.3. The third-order valence-electron chi connectivity index (χ3n) is 2.34. The normalized spacial score (nSPS) is 10.5. The van der Waals surface area contributed by atoms with E-state index >= 15 is 0 Å². The molecule has 0 radical (unpaired) electrons. The highest BCUT2D eigenvalue weighted by atomic mass is 35.5. The van der Waals surface area contributed by atoms with Crippen molar-refractivity contribution in [2.45, 2.75) is 13.3 Å². The largest absolute Gasteiger partial charge is 0.373 e. The molecule has 2 nitrogen and oxygen atoms in total. The molecule has 0 unspecified atom stereocenters. The van der Waals surface area contributed by atoms with Gasteiger partial charge in [0.1, 0.15) is 5.82 Å². The average molecular weight is 231 g/mol. The van der Waals surface area contributed by atoms with Gasteiger partial charge in [-0.15, -0.1) is 0 Å². The molecule has 0 atom stereocenters. The summed E-state index contributed by atoms with van der Waals surface area (Å²) >= 11 is 6.04. The summed E-state index contributed by atoms with van der Waals surface area (Å²) in [6.07, 6.45) is 0.863. The third kappa shape index (κ3) is 3.08. The molecule has 4 heteroatoms. The first-order valence-electron chi connectivity index (χ1n) is 4.93. The minimum atomic E-state index is -0.228. The van der Waals surface area contributed by atoms with Gasteiger partial charge in [-0.2, -0.15) is 0 Å². The van der Waals surface area contributed by atoms with Gasteiger partial charge >= 0.3 is 0 Å². The van der Waals surface area contributed by atoms with E-state index in [1.807, 2.05) is 11.9 Å². The highest BCUT2D eigenvalue weighted by molar-refractivity contribution is 6.33. The summed E-state index contributed by atoms with van der Waals surface area (Å²) in [4.78, 5) is 1.91. The molecular weight excluding hydrogens is 215 g/mol. The van der Waals surface area contributed by atoms with E-state index < -0.39 is 0 Å². The number of hydrogen-bond donors (Lipinski definition) is 1. The zero-order valence-electron chi connectivity index (χ0n) is 9.06. The number of rotatable bonds is 4. The summed E-state index contributed by atoms with van der Waals surface area (Å²) in [5, 5.41) is 0.577. The fourth-order valence-corrected chi connectivity index (χ4v) is 1.74. The van der Waals surface area contributed by atoms with Crippen molar-refractivity contribution in [2.75, 3.05) is 25.0 Å². The minimum Gasteiger partial charge on any atom is -0.373 e. The van der Waals surface area contributed by atoms with Gasteiger partial charge in [0.2, 0.25) is 0 Å². The lowest BCUT2D eigenvalue weighted by Gasteiger charge is -2.20. The topological polar surface area (TPSA) is 29.3 Å². The SMILES string of the molecule is Cc1cc(Cl)c(N(C)CCCN)cc1F. The molecule has 0 saturated carbocycles. The predicted octanol–water partition coefficient (Wildman–Crippen LogP) is 2.57. The summed E-state index contributed by atoms with van der Waals surface area (Å²) in [5.41, 5.74) is 6.69. The summed E-state index contributed by atoms with van der Waals surface area (Å²) in [6, 6.07) is 3.11. The Labute approximate surface area is 94.8 Å². The van der Waals surface area contributed by atoms with E-state index in [1.54, 1.807) is 13.0 Å². The lowest BCUT2D eigenvalue weighted by molar-refractivity contribution is 0.617. The molecule has 0 aliphatic carbocycles. The van der Waals surface area contributed by atoms with Gasteiger partial charge in [-0.1, -0.05) is 11.6 Å². The standard InChI is InChI=1S/C11H16ClFN2/c1-8-6-9(12)11(7-10(8)13)15(2)5-3-4-14/h6-7H,3-5,14H2,1-2H3. The molecule has 1 rings (SSSR count). The van der Waals surface area contributed by atoms with E-state index in [-0.39, 0.29) is 5.82 Å². The van der Waals surface area contributed by atoms with Crippen LogP contribution in [0.5, 0.6) is 0 Å². The first-order chi connectivity index (χ1) is 7.06. The highest BCUT2D eigenvalue weighted by Crippen LogP contribution is 2.27. The molecule has 0 amide bonds. The first kappa shape index (κ1) is 12.3. The fourth-order valence-electron chi connectivity index (χ4n) is 1.38. The Kier molecular flexibility index (Phi) is 4.36. The van der Waals surface area contributed by atoms with E-state index in [1.165, 1.54) is 6.07 Å². The predicted molar refractivity (Wildman–Crippen MR) is 63.1 cm³/mol. The molecule has 1 aromatic carbocycles. The van der Waals surface area contributed by atoms with Crippen molar-refractivity contribution in [1.29, 1.82) is 0 Å². The Morgan fingerprint density at radius 1 is 1.47 bits per heavy atom. The number of aryl methyl sites for hydroxylation is 1. The maximum absolute atomic E-state index is 13.3. The van der Waals surface area contributed by atoms with E-state index in [0.717, 1.165) is 13.0 Å². The van der Waals surface area contributed by atoms with Crippen LogP contribution in [0.4, 0.5) is 10.1 Å². The fraction of sp³-hybridized carbons (Fsp3) is 0.455. The number of nitrogens with two attached hydrogens (primary N) is 1. The third-order valence-corrected chi connectivity index (χ3v) is 2.64. The van der Waals surface area contributed by atoms with E-state index in [9.17, 15) is 4.39 Å². The van der Waals surface area contributed by atoms with Gasteiger partial charge in [-0.05, 0) is 37.6 Å². The highest BCUT2D eigenvalue weighted by Gasteiger charge is 2.09. The second kappa shape index (κ2) is 5.33. The zero-order chi connectivity index (χ0) is 11.4. The molecule has 1 aromatic rings. The molecule has 84 valence electrons. The summed E-state index contributed by atoms with van der Waals surface area (Å²) in [7, 11) is 1.88. The number of halogens is 2. The lowest BCUT2D eigenvalue weighted by atomic mass is 10.2. The molecule has 0 heterocycles. The Bertz CT molecular complexity index is 342. The van der Waals surface area contributed by atoms with Crippen molar-refractivity contribution in [2.24, 2.45) is 5.73 Å². The van der Waals surface area contributed by atoms with Gasteiger partial charge in [0, 0.05) is 13.6 Å². The van der Waals surface area contributed by atoms with Crippen LogP contribution in [-0.4, -0.2) is 20.1 Å². The van der Waals surface area contributed by atoms with Crippen LogP contribution in [-0.2, 0) is 0 Å². The van der Waals surface area contributed by atoms with Gasteiger partial charge in [-0.3, -0.25) is 0 Å². The molecule has 0 aromatic heterocycles. The second-order valence-electron chi connectivity index (χ2n) is 3.62. The van der Waals surface area contributed by atoms with Gasteiger partial charge in [0.25, 0.3) is 0 Å². The van der Waals surface area contributed by atoms with E-state index in [2.05, 4.69) is 0 Å². The maximum atomic E-state index is 13.3. The smallest absolute Gasteiger partial charge is 0.128 e. The van der Waals surface area contributed by atoms with Gasteiger partial charge in [0.05, 0.1) is 10.7 Å². The molecule has 0 aliphatic rings. The average Bonchev–Trinajstić information content (AvgIpc) is 2.20. The molecule has 0 spiro atoms. The summed E-state index contributed by atoms with van der Waals surface area (Å²) in [5.74, 6) is -0.228. The molecular formula is C11H16ClFN2. The molecule has 15 heavy (non-hydrogen) atoms. The Hall–Kier alpha value is -0.800. The first-order valence-corrected chi connectivity index (χ1v) is 5.31. The number of benzene rings is 1. The van der Waals surface area contributed by atoms with Gasteiger partial charge in [0.15, 0.2) is 0 Å². The monoisotopic (exact) mass is 230 g/mol. The van der Waals surface area contributed by atoms with Crippen LogP contribution in [0.15, 0.2) is 12.1 Å². The van der Waals surface area contributed by atoms with Crippen molar-refractivity contribution in [3.63, 3.8) is 0 Å². The molecule has 0 saturated heterocycles. The van der Waals surface area contributed by atoms with E-state index in [4.69, 9.17) is 17.3 Å². The van der Waals surface area contributed by atoms with Crippen molar-refractivity contribution in [1.82, 2.24) is 0 Å². The molecule has 0 bridgehead atoms. The molecule has 0 aliphatic heterocycles. The summed E-state index contributed by atoms with van der Waals surface area (Å²) in [6.45, 7) is 3.10. The molecule has 2 N–H and O–H groups in total. The number of hydrogen-bond acceptors (Lipinski definition) is 2. The quantitative estimate of drug-likeness (QED) is 0.862. The van der Waals surface area contributed by atoms with Crippen molar-refractivity contribution >= 4 is 17.3 Å². The zero-order valence-corrected chi connectivity index (χ0v) is 9.81. The van der Waals surface area contributed by atoms with Gasteiger partial charge < -0.3 is 10.6 Å². The number of anilines is 1. The van der Waals surface area contributed by atoms with Crippen LogP contribution in [0.2, 0.25) is 5.02 Å². The second-order valence-corrected chi connectivity index (χ2v) is 4.02. The maximum Gasteiger partial charge on any atom is 0.128 e. The van der Waals surface area contributed by atoms with Crippen LogP contribution in [0.1, 0.15) is 12.0 Å². The van der Waals surface area contributed by atoms with Crippen LogP contribution in [0.3, 0.4) is 0 Å².